The average Bonchev–Trinajstić information content (AvgIpc) is 2.55. The van der Waals surface area contributed by atoms with Crippen LogP contribution in [0.5, 0.6) is 0 Å². The number of hydrogen-bond acceptors (Lipinski definition) is 2. The minimum atomic E-state index is -0.531. The molecule has 2 aromatic rings. The number of nitrogens with zero attached hydrogens (tertiary/aromatic N) is 2. The van der Waals surface area contributed by atoms with Gasteiger partial charge < -0.3 is 9.67 Å². The lowest BCUT2D eigenvalue weighted by Gasteiger charge is -2.07. The van der Waals surface area contributed by atoms with Crippen LogP contribution in [0.2, 0.25) is 0 Å². The van der Waals surface area contributed by atoms with Crippen molar-refractivity contribution in [3.05, 3.63) is 28.5 Å². The van der Waals surface area contributed by atoms with Crippen molar-refractivity contribution in [2.24, 2.45) is 0 Å². The highest BCUT2D eigenvalue weighted by molar-refractivity contribution is 9.10. The Kier molecular flexibility index (Phi) is 2.80. The summed E-state index contributed by atoms with van der Waals surface area (Å²) in [7, 11) is 0. The molecule has 2 rings (SSSR count). The Balaban J connectivity index is 2.73. The topological polar surface area (TPSA) is 38.0 Å². The van der Waals surface area contributed by atoms with E-state index in [0.717, 1.165) is 27.9 Å². The molecule has 0 fully saturated rings. The summed E-state index contributed by atoms with van der Waals surface area (Å²) in [6, 6.07) is 5.97. The molecule has 0 saturated carbocycles. The summed E-state index contributed by atoms with van der Waals surface area (Å²) < 4.78 is 3.04. The zero-order chi connectivity index (χ0) is 11.0. The van der Waals surface area contributed by atoms with Crippen LogP contribution in [0.15, 0.2) is 22.7 Å². The number of hydrogen-bond donors (Lipinski definition) is 1. The number of aliphatic hydroxyl groups is 1. The second kappa shape index (κ2) is 3.94. The molecule has 0 aliphatic carbocycles. The molecule has 0 spiro atoms. The van der Waals surface area contributed by atoms with E-state index in [0.29, 0.717) is 0 Å². The molecular formula is C11H13BrN2O. The predicted octanol–water partition coefficient (Wildman–Crippen LogP) is 2.87. The van der Waals surface area contributed by atoms with Gasteiger partial charge in [-0.05, 0) is 32.0 Å². The molecule has 15 heavy (non-hydrogen) atoms. The Hall–Kier alpha value is -0.870. The van der Waals surface area contributed by atoms with Gasteiger partial charge in [-0.25, -0.2) is 4.98 Å². The van der Waals surface area contributed by atoms with Crippen molar-refractivity contribution >= 4 is 27.0 Å². The van der Waals surface area contributed by atoms with E-state index in [9.17, 15) is 5.11 Å². The molecule has 1 aromatic carbocycles. The Labute approximate surface area is 96.9 Å². The highest BCUT2D eigenvalue weighted by Gasteiger charge is 2.13. The smallest absolute Gasteiger partial charge is 0.138 e. The van der Waals surface area contributed by atoms with Gasteiger partial charge in [0.15, 0.2) is 0 Å². The summed E-state index contributed by atoms with van der Waals surface area (Å²) in [5.41, 5.74) is 1.98. The van der Waals surface area contributed by atoms with E-state index in [2.05, 4.69) is 27.8 Å². The number of benzene rings is 1. The summed E-state index contributed by atoms with van der Waals surface area (Å²) in [6.45, 7) is 4.61. The van der Waals surface area contributed by atoms with Crippen LogP contribution in [0.3, 0.4) is 0 Å². The summed E-state index contributed by atoms with van der Waals surface area (Å²) in [5.74, 6) is 0.727. The molecule has 0 amide bonds. The zero-order valence-electron chi connectivity index (χ0n) is 8.74. The molecular weight excluding hydrogens is 256 g/mol. The molecule has 1 N–H and O–H groups in total. The molecule has 0 radical (unpaired) electrons. The van der Waals surface area contributed by atoms with Gasteiger partial charge in [0, 0.05) is 11.0 Å². The van der Waals surface area contributed by atoms with Gasteiger partial charge in [-0.15, -0.1) is 0 Å². The Bertz CT molecular complexity index is 491. The van der Waals surface area contributed by atoms with Crippen molar-refractivity contribution in [3.8, 4) is 0 Å². The van der Waals surface area contributed by atoms with Crippen molar-refractivity contribution in [2.75, 3.05) is 0 Å². The average molecular weight is 269 g/mol. The molecule has 0 aliphatic rings. The Morgan fingerprint density at radius 1 is 1.53 bits per heavy atom. The molecule has 1 unspecified atom stereocenters. The van der Waals surface area contributed by atoms with E-state index < -0.39 is 6.10 Å². The molecule has 4 heteroatoms. The predicted molar refractivity (Wildman–Crippen MR) is 63.7 cm³/mol. The van der Waals surface area contributed by atoms with Crippen LogP contribution in [0, 0.1) is 0 Å². The summed E-state index contributed by atoms with van der Waals surface area (Å²) in [4.78, 5) is 4.43. The third-order valence-corrected chi connectivity index (χ3v) is 2.92. The van der Waals surface area contributed by atoms with Crippen molar-refractivity contribution in [2.45, 2.75) is 26.5 Å². The molecule has 1 heterocycles. The van der Waals surface area contributed by atoms with Crippen molar-refractivity contribution in [3.63, 3.8) is 0 Å². The van der Waals surface area contributed by atoms with E-state index in [1.54, 1.807) is 6.92 Å². The fourth-order valence-corrected chi connectivity index (χ4v) is 2.12. The second-order valence-corrected chi connectivity index (χ2v) is 4.44. The van der Waals surface area contributed by atoms with Crippen molar-refractivity contribution in [1.82, 2.24) is 9.55 Å². The van der Waals surface area contributed by atoms with E-state index in [4.69, 9.17) is 0 Å². The number of rotatable bonds is 2. The van der Waals surface area contributed by atoms with Gasteiger partial charge in [-0.3, -0.25) is 0 Å². The third-order valence-electron chi connectivity index (χ3n) is 2.43. The largest absolute Gasteiger partial charge is 0.385 e. The quantitative estimate of drug-likeness (QED) is 0.910. The molecule has 0 bridgehead atoms. The van der Waals surface area contributed by atoms with Crippen molar-refractivity contribution in [1.29, 1.82) is 0 Å². The monoisotopic (exact) mass is 268 g/mol. The molecule has 0 aliphatic heterocycles. The lowest BCUT2D eigenvalue weighted by molar-refractivity contribution is 0.184. The van der Waals surface area contributed by atoms with Crippen LogP contribution in [-0.2, 0) is 6.54 Å². The van der Waals surface area contributed by atoms with Gasteiger partial charge in [0.05, 0.1) is 11.0 Å². The minimum Gasteiger partial charge on any atom is -0.385 e. The van der Waals surface area contributed by atoms with Gasteiger partial charge in [0.25, 0.3) is 0 Å². The molecule has 80 valence electrons. The first kappa shape index (κ1) is 10.6. The summed E-state index contributed by atoms with van der Waals surface area (Å²) in [6.07, 6.45) is -0.531. The third kappa shape index (κ3) is 1.79. The van der Waals surface area contributed by atoms with Gasteiger partial charge in [0.1, 0.15) is 11.9 Å². The number of imidazole rings is 1. The van der Waals surface area contributed by atoms with E-state index >= 15 is 0 Å². The van der Waals surface area contributed by atoms with E-state index in [1.807, 2.05) is 22.8 Å². The molecule has 1 atom stereocenters. The van der Waals surface area contributed by atoms with E-state index in [-0.39, 0.29) is 0 Å². The number of halogens is 1. The first-order valence-electron chi connectivity index (χ1n) is 4.97. The Morgan fingerprint density at radius 3 is 2.87 bits per heavy atom. The number of aryl methyl sites for hydroxylation is 1. The first-order chi connectivity index (χ1) is 7.13. The first-order valence-corrected chi connectivity index (χ1v) is 5.76. The standard InChI is InChI=1S/C11H13BrN2O/c1-3-14-10-5-4-8(12)6-9(10)13-11(14)7(2)15/h4-7,15H,3H2,1-2H3. The van der Waals surface area contributed by atoms with Gasteiger partial charge in [-0.2, -0.15) is 0 Å². The van der Waals surface area contributed by atoms with Crippen LogP contribution in [-0.4, -0.2) is 14.7 Å². The number of aliphatic hydroxyl groups excluding tert-OH is 1. The second-order valence-electron chi connectivity index (χ2n) is 3.52. The van der Waals surface area contributed by atoms with Crippen molar-refractivity contribution < 1.29 is 5.11 Å². The summed E-state index contributed by atoms with van der Waals surface area (Å²) >= 11 is 3.41. The molecule has 3 nitrogen and oxygen atoms in total. The van der Waals surface area contributed by atoms with E-state index in [1.165, 1.54) is 0 Å². The number of fused-ring (bicyclic) bond motifs is 1. The van der Waals surface area contributed by atoms with Crippen LogP contribution >= 0.6 is 15.9 Å². The van der Waals surface area contributed by atoms with Gasteiger partial charge >= 0.3 is 0 Å². The Morgan fingerprint density at radius 2 is 2.27 bits per heavy atom. The number of aromatic nitrogens is 2. The lowest BCUT2D eigenvalue weighted by atomic mass is 10.3. The van der Waals surface area contributed by atoms with Crippen LogP contribution < -0.4 is 0 Å². The maximum atomic E-state index is 9.61. The maximum absolute atomic E-state index is 9.61. The van der Waals surface area contributed by atoms with Gasteiger partial charge in [-0.1, -0.05) is 15.9 Å². The fraction of sp³-hybridized carbons (Fsp3) is 0.364. The van der Waals surface area contributed by atoms with Crippen LogP contribution in [0.4, 0.5) is 0 Å². The SMILES string of the molecule is CCn1c(C(C)O)nc2cc(Br)ccc21. The minimum absolute atomic E-state index is 0.531. The fourth-order valence-electron chi connectivity index (χ4n) is 1.77. The van der Waals surface area contributed by atoms with Crippen LogP contribution in [0.25, 0.3) is 11.0 Å². The molecule has 0 saturated heterocycles. The lowest BCUT2D eigenvalue weighted by Crippen LogP contribution is -2.04. The zero-order valence-corrected chi connectivity index (χ0v) is 10.3. The normalized spacial score (nSPS) is 13.3. The highest BCUT2D eigenvalue weighted by Crippen LogP contribution is 2.23. The van der Waals surface area contributed by atoms with Crippen LogP contribution in [0.1, 0.15) is 25.8 Å². The summed E-state index contributed by atoms with van der Waals surface area (Å²) in [5, 5.41) is 9.61. The molecule has 1 aromatic heterocycles. The highest BCUT2D eigenvalue weighted by atomic mass is 79.9. The van der Waals surface area contributed by atoms with Gasteiger partial charge in [0.2, 0.25) is 0 Å². The maximum Gasteiger partial charge on any atom is 0.138 e.